The second-order valence-electron chi connectivity index (χ2n) is 6.69. The van der Waals surface area contributed by atoms with Crippen LogP contribution in [0.5, 0.6) is 0 Å². The first kappa shape index (κ1) is 28.7. The number of thioether (sulfide) groups is 1. The number of halogens is 3. The van der Waals surface area contributed by atoms with E-state index >= 15 is 0 Å². The largest absolute Gasteiger partial charge is 0.448 e. The second kappa shape index (κ2) is 16.3. The lowest BCUT2D eigenvalue weighted by atomic mass is 10.2. The fourth-order valence-electron chi connectivity index (χ4n) is 2.70. The van der Waals surface area contributed by atoms with Crippen LogP contribution in [-0.2, 0) is 32.2 Å². The van der Waals surface area contributed by atoms with Gasteiger partial charge in [-0.1, -0.05) is 61.3 Å². The van der Waals surface area contributed by atoms with Crippen LogP contribution in [0.25, 0.3) is 0 Å². The van der Waals surface area contributed by atoms with Crippen LogP contribution in [0, 0.1) is 0 Å². The molecule has 0 spiro atoms. The summed E-state index contributed by atoms with van der Waals surface area (Å²) in [6.45, 7) is 6.84. The minimum absolute atomic E-state index is 0.0154. The zero-order chi connectivity index (χ0) is 23.9. The van der Waals surface area contributed by atoms with E-state index in [1.165, 1.54) is 18.7 Å². The molecule has 1 fully saturated rings. The lowest BCUT2D eigenvalue weighted by molar-refractivity contribution is -0.144. The Kier molecular flexibility index (Phi) is 14.7. The zero-order valence-corrected chi connectivity index (χ0v) is 21.2. The van der Waals surface area contributed by atoms with E-state index in [9.17, 15) is 9.18 Å². The first-order valence-corrected chi connectivity index (χ1v) is 12.1. The molecule has 1 saturated heterocycles. The van der Waals surface area contributed by atoms with E-state index in [4.69, 9.17) is 37.4 Å². The number of hydrogen-bond donors (Lipinski definition) is 0. The third-order valence-electron chi connectivity index (χ3n) is 4.10. The van der Waals surface area contributed by atoms with Gasteiger partial charge in [-0.3, -0.25) is 4.79 Å². The van der Waals surface area contributed by atoms with Gasteiger partial charge in [-0.2, -0.15) is 0 Å². The Morgan fingerprint density at radius 2 is 1.50 bits per heavy atom. The fourth-order valence-corrected chi connectivity index (χ4v) is 4.28. The summed E-state index contributed by atoms with van der Waals surface area (Å²) >= 11 is 12.8. The number of carbonyl (C=O) groups is 1. The van der Waals surface area contributed by atoms with E-state index in [2.05, 4.69) is 0 Å². The molecule has 3 atom stereocenters. The molecular weight excluding hydrogens is 474 g/mol. The molecule has 4 nitrogen and oxygen atoms in total. The topological polar surface area (TPSA) is 44.8 Å². The molecule has 2 aromatic rings. The molecule has 2 aromatic carbocycles. The van der Waals surface area contributed by atoms with Crippen molar-refractivity contribution in [1.29, 1.82) is 0 Å². The highest BCUT2D eigenvalue weighted by Crippen LogP contribution is 2.37. The van der Waals surface area contributed by atoms with E-state index in [1.807, 2.05) is 50.2 Å². The van der Waals surface area contributed by atoms with Crippen LogP contribution >= 0.6 is 35.0 Å². The van der Waals surface area contributed by atoms with Crippen LogP contribution in [0.1, 0.15) is 38.3 Å². The molecular formula is C24H31Cl2FO4S. The molecule has 1 heterocycles. The van der Waals surface area contributed by atoms with Gasteiger partial charge in [-0.15, -0.1) is 11.8 Å². The molecule has 32 heavy (non-hydrogen) atoms. The summed E-state index contributed by atoms with van der Waals surface area (Å²) in [6.07, 6.45) is -0.767. The maximum absolute atomic E-state index is 13.6. The molecule has 0 N–H and O–H groups in total. The summed E-state index contributed by atoms with van der Waals surface area (Å²) in [5.41, 5.74) is 1.47. The van der Waals surface area contributed by atoms with Gasteiger partial charge < -0.3 is 14.2 Å². The maximum Gasteiger partial charge on any atom is 0.303 e. The highest BCUT2D eigenvalue weighted by molar-refractivity contribution is 8.00. The summed E-state index contributed by atoms with van der Waals surface area (Å²) in [6, 6.07) is 15.0. The smallest absolute Gasteiger partial charge is 0.303 e. The molecule has 0 bridgehead atoms. The van der Waals surface area contributed by atoms with Crippen molar-refractivity contribution in [2.75, 3.05) is 13.7 Å². The van der Waals surface area contributed by atoms with E-state index in [1.54, 1.807) is 19.2 Å². The SMILES string of the molecule is CC.CC(=O)OC1SC(COCc2ccc(Cl)cc2)CC1F.COCc1ccc(Cl)cc1. The monoisotopic (exact) mass is 504 g/mol. The van der Waals surface area contributed by atoms with Crippen molar-refractivity contribution in [3.05, 3.63) is 69.7 Å². The van der Waals surface area contributed by atoms with E-state index < -0.39 is 17.6 Å². The normalized spacial score (nSPS) is 19.3. The van der Waals surface area contributed by atoms with Gasteiger partial charge in [0.2, 0.25) is 0 Å². The molecule has 1 aliphatic heterocycles. The van der Waals surface area contributed by atoms with Crippen LogP contribution in [-0.4, -0.2) is 36.5 Å². The van der Waals surface area contributed by atoms with Gasteiger partial charge in [0, 0.05) is 29.3 Å². The van der Waals surface area contributed by atoms with E-state index in [0.29, 0.717) is 31.3 Å². The van der Waals surface area contributed by atoms with Crippen LogP contribution < -0.4 is 0 Å². The van der Waals surface area contributed by atoms with Crippen molar-refractivity contribution < 1.29 is 23.4 Å². The van der Waals surface area contributed by atoms with Crippen molar-refractivity contribution in [2.24, 2.45) is 0 Å². The van der Waals surface area contributed by atoms with Crippen molar-refractivity contribution in [3.8, 4) is 0 Å². The molecule has 0 radical (unpaired) electrons. The molecule has 178 valence electrons. The lowest BCUT2D eigenvalue weighted by Gasteiger charge is -2.12. The molecule has 3 rings (SSSR count). The van der Waals surface area contributed by atoms with Gasteiger partial charge >= 0.3 is 5.97 Å². The second-order valence-corrected chi connectivity index (χ2v) is 8.97. The molecule has 0 aliphatic carbocycles. The highest BCUT2D eigenvalue weighted by atomic mass is 35.5. The predicted molar refractivity (Wildman–Crippen MR) is 131 cm³/mol. The summed E-state index contributed by atoms with van der Waals surface area (Å²) in [5, 5.41) is 1.46. The molecule has 8 heteroatoms. The van der Waals surface area contributed by atoms with Crippen LogP contribution in [0.3, 0.4) is 0 Å². The molecule has 1 aliphatic rings. The Hall–Kier alpha value is -1.31. The van der Waals surface area contributed by atoms with Crippen molar-refractivity contribution in [3.63, 3.8) is 0 Å². The number of ether oxygens (including phenoxy) is 3. The van der Waals surface area contributed by atoms with Gasteiger partial charge in [-0.05, 0) is 41.8 Å². The van der Waals surface area contributed by atoms with Crippen molar-refractivity contribution in [1.82, 2.24) is 0 Å². The lowest BCUT2D eigenvalue weighted by Crippen LogP contribution is -2.18. The summed E-state index contributed by atoms with van der Waals surface area (Å²) < 4.78 is 29.0. The standard InChI is InChI=1S/C14H16ClFO3S.C8H9ClO.C2H6/c1-9(17)19-14-13(16)6-12(20-14)8-18-7-10-2-4-11(15)5-3-10;1-10-6-7-2-4-8(9)5-3-7;1-2/h2-5,12-14H,6-8H2,1H3;2-5H,6H2,1H3;1-2H3. The van der Waals surface area contributed by atoms with E-state index in [-0.39, 0.29) is 5.25 Å². The summed E-state index contributed by atoms with van der Waals surface area (Å²) in [4.78, 5) is 10.8. The Balaban J connectivity index is 0.000000358. The number of esters is 1. The number of hydrogen-bond acceptors (Lipinski definition) is 5. The molecule has 3 unspecified atom stereocenters. The first-order valence-electron chi connectivity index (χ1n) is 10.4. The Morgan fingerprint density at radius 3 is 1.97 bits per heavy atom. The Morgan fingerprint density at radius 1 is 1.00 bits per heavy atom. The number of benzene rings is 2. The number of carbonyl (C=O) groups excluding carboxylic acids is 1. The number of methoxy groups -OCH3 is 1. The molecule has 0 aromatic heterocycles. The minimum Gasteiger partial charge on any atom is -0.448 e. The van der Waals surface area contributed by atoms with Gasteiger partial charge in [0.1, 0.15) is 6.17 Å². The Labute approximate surface area is 204 Å². The predicted octanol–water partition coefficient (Wildman–Crippen LogP) is 7.10. The van der Waals surface area contributed by atoms with Crippen LogP contribution in [0.2, 0.25) is 10.0 Å². The van der Waals surface area contributed by atoms with Crippen molar-refractivity contribution >= 4 is 40.9 Å². The third-order valence-corrected chi connectivity index (χ3v) is 5.98. The number of alkyl halides is 1. The van der Waals surface area contributed by atoms with Gasteiger partial charge in [0.25, 0.3) is 0 Å². The molecule has 0 amide bonds. The Bertz CT molecular complexity index is 775. The first-order chi connectivity index (χ1) is 15.4. The highest BCUT2D eigenvalue weighted by Gasteiger charge is 2.37. The summed E-state index contributed by atoms with van der Waals surface area (Å²) in [7, 11) is 1.68. The number of rotatable bonds is 7. The van der Waals surface area contributed by atoms with Gasteiger partial charge in [0.15, 0.2) is 5.44 Å². The zero-order valence-electron chi connectivity index (χ0n) is 18.9. The van der Waals surface area contributed by atoms with Crippen LogP contribution in [0.4, 0.5) is 4.39 Å². The van der Waals surface area contributed by atoms with Crippen molar-refractivity contribution in [2.45, 2.75) is 57.3 Å². The van der Waals surface area contributed by atoms with Gasteiger partial charge in [-0.25, -0.2) is 4.39 Å². The third kappa shape index (κ3) is 11.5. The quantitative estimate of drug-likeness (QED) is 0.376. The fraction of sp³-hybridized carbons (Fsp3) is 0.458. The minimum atomic E-state index is -1.12. The maximum atomic E-state index is 13.6. The van der Waals surface area contributed by atoms with Gasteiger partial charge in [0.05, 0.1) is 19.8 Å². The summed E-state index contributed by atoms with van der Waals surface area (Å²) in [5.74, 6) is -0.451. The average molecular weight is 505 g/mol. The average Bonchev–Trinajstić information content (AvgIpc) is 3.11. The van der Waals surface area contributed by atoms with E-state index in [0.717, 1.165) is 16.1 Å². The van der Waals surface area contributed by atoms with Crippen LogP contribution in [0.15, 0.2) is 48.5 Å². The molecule has 0 saturated carbocycles.